The molecule has 3 nitrogen and oxygen atoms in total. The Labute approximate surface area is 147 Å². The Morgan fingerprint density at radius 2 is 1.87 bits per heavy atom. The van der Waals surface area contributed by atoms with E-state index >= 15 is 0 Å². The van der Waals surface area contributed by atoms with Crippen LogP contribution in [0.5, 0.6) is 5.75 Å². The first kappa shape index (κ1) is 17.0. The Morgan fingerprint density at radius 3 is 2.57 bits per heavy atom. The lowest BCUT2D eigenvalue weighted by Gasteiger charge is -2.29. The molecular weight excluding hydrogens is 326 g/mol. The number of amides is 1. The van der Waals surface area contributed by atoms with Gasteiger partial charge in [0, 0.05) is 17.5 Å². The van der Waals surface area contributed by atoms with Crippen molar-refractivity contribution in [2.24, 2.45) is 5.92 Å². The SMILES string of the molecule is C[C@H]1CCCC[C@@H]1NC(=O)COc1ccc(C2SCCS2)cc1. The van der Waals surface area contributed by atoms with Crippen LogP contribution in [0, 0.1) is 5.92 Å². The first-order valence-electron chi connectivity index (χ1n) is 8.48. The number of benzene rings is 1. The van der Waals surface area contributed by atoms with E-state index < -0.39 is 0 Å². The molecule has 0 spiro atoms. The van der Waals surface area contributed by atoms with Gasteiger partial charge in [-0.15, -0.1) is 23.5 Å². The number of hydrogen-bond acceptors (Lipinski definition) is 4. The van der Waals surface area contributed by atoms with Gasteiger partial charge in [0.05, 0.1) is 4.58 Å². The van der Waals surface area contributed by atoms with Crippen LogP contribution in [-0.2, 0) is 4.79 Å². The second-order valence-corrected chi connectivity index (χ2v) is 9.09. The van der Waals surface area contributed by atoms with Crippen molar-refractivity contribution in [2.45, 2.75) is 43.2 Å². The van der Waals surface area contributed by atoms with Crippen molar-refractivity contribution in [3.63, 3.8) is 0 Å². The average molecular weight is 352 g/mol. The molecule has 0 bridgehead atoms. The summed E-state index contributed by atoms with van der Waals surface area (Å²) in [5, 5.41) is 3.12. The van der Waals surface area contributed by atoms with Gasteiger partial charge >= 0.3 is 0 Å². The number of hydrogen-bond donors (Lipinski definition) is 1. The molecule has 2 fully saturated rings. The van der Waals surface area contributed by atoms with Crippen LogP contribution in [0.1, 0.15) is 42.8 Å². The van der Waals surface area contributed by atoms with Gasteiger partial charge < -0.3 is 10.1 Å². The number of carbonyl (C=O) groups excluding carboxylic acids is 1. The third-order valence-electron chi connectivity index (χ3n) is 4.60. The highest BCUT2D eigenvalue weighted by atomic mass is 32.2. The van der Waals surface area contributed by atoms with Crippen molar-refractivity contribution < 1.29 is 9.53 Å². The van der Waals surface area contributed by atoms with E-state index in [1.165, 1.54) is 36.3 Å². The average Bonchev–Trinajstić information content (AvgIpc) is 3.10. The van der Waals surface area contributed by atoms with Crippen LogP contribution in [0.3, 0.4) is 0 Å². The minimum atomic E-state index is -0.00488. The van der Waals surface area contributed by atoms with Gasteiger partial charge in [0.25, 0.3) is 5.91 Å². The zero-order valence-electron chi connectivity index (χ0n) is 13.6. The highest BCUT2D eigenvalue weighted by molar-refractivity contribution is 8.19. The number of carbonyl (C=O) groups is 1. The fourth-order valence-electron chi connectivity index (χ4n) is 3.20. The normalized spacial score (nSPS) is 25.3. The second kappa shape index (κ2) is 8.34. The first-order chi connectivity index (χ1) is 11.2. The third-order valence-corrected chi connectivity index (χ3v) is 7.71. The Kier molecular flexibility index (Phi) is 6.17. The van der Waals surface area contributed by atoms with Gasteiger partial charge in [0.1, 0.15) is 5.75 Å². The number of ether oxygens (including phenoxy) is 1. The van der Waals surface area contributed by atoms with Crippen LogP contribution in [-0.4, -0.2) is 30.1 Å². The van der Waals surface area contributed by atoms with Gasteiger partial charge in [-0.3, -0.25) is 4.79 Å². The molecule has 1 aromatic rings. The van der Waals surface area contributed by atoms with Crippen LogP contribution < -0.4 is 10.1 Å². The molecule has 1 aliphatic carbocycles. The van der Waals surface area contributed by atoms with Crippen molar-refractivity contribution >= 4 is 29.4 Å². The number of nitrogens with one attached hydrogen (secondary N) is 1. The Hall–Kier alpha value is -0.810. The van der Waals surface area contributed by atoms with Crippen molar-refractivity contribution in [1.82, 2.24) is 5.32 Å². The van der Waals surface area contributed by atoms with Crippen LogP contribution in [0.25, 0.3) is 0 Å². The summed E-state index contributed by atoms with van der Waals surface area (Å²) in [6, 6.07) is 8.51. The maximum Gasteiger partial charge on any atom is 0.258 e. The van der Waals surface area contributed by atoms with Gasteiger partial charge in [-0.2, -0.15) is 0 Å². The topological polar surface area (TPSA) is 38.3 Å². The lowest BCUT2D eigenvalue weighted by molar-refractivity contribution is -0.124. The number of thioether (sulfide) groups is 2. The van der Waals surface area contributed by atoms with E-state index in [9.17, 15) is 4.79 Å². The lowest BCUT2D eigenvalue weighted by atomic mass is 9.86. The van der Waals surface area contributed by atoms with Crippen molar-refractivity contribution in [3.05, 3.63) is 29.8 Å². The van der Waals surface area contributed by atoms with Gasteiger partial charge in [0.15, 0.2) is 6.61 Å². The molecule has 1 N–H and O–H groups in total. The quantitative estimate of drug-likeness (QED) is 0.861. The smallest absolute Gasteiger partial charge is 0.258 e. The van der Waals surface area contributed by atoms with E-state index in [0.29, 0.717) is 16.5 Å². The summed E-state index contributed by atoms with van der Waals surface area (Å²) in [7, 11) is 0. The highest BCUT2D eigenvalue weighted by Crippen LogP contribution is 2.45. The van der Waals surface area contributed by atoms with Gasteiger partial charge in [0.2, 0.25) is 0 Å². The molecule has 1 amide bonds. The summed E-state index contributed by atoms with van der Waals surface area (Å²) in [6.07, 6.45) is 4.81. The molecule has 23 heavy (non-hydrogen) atoms. The molecule has 0 unspecified atom stereocenters. The van der Waals surface area contributed by atoms with Gasteiger partial charge in [-0.05, 0) is 36.5 Å². The summed E-state index contributed by atoms with van der Waals surface area (Å²) in [4.78, 5) is 12.1. The zero-order chi connectivity index (χ0) is 16.1. The van der Waals surface area contributed by atoms with E-state index in [4.69, 9.17) is 4.74 Å². The largest absolute Gasteiger partial charge is 0.484 e. The molecule has 5 heteroatoms. The van der Waals surface area contributed by atoms with E-state index in [0.717, 1.165) is 12.2 Å². The van der Waals surface area contributed by atoms with Crippen molar-refractivity contribution in [3.8, 4) is 5.75 Å². The van der Waals surface area contributed by atoms with Gasteiger partial charge in [-0.1, -0.05) is 31.9 Å². The standard InChI is InChI=1S/C18H25NO2S2/c1-13-4-2-3-5-16(13)19-17(20)12-21-15-8-6-14(7-9-15)18-22-10-11-23-18/h6-9,13,16,18H,2-5,10-12H2,1H3,(H,19,20)/t13-,16-/m0/s1. The second-order valence-electron chi connectivity index (χ2n) is 6.37. The molecule has 2 atom stereocenters. The van der Waals surface area contributed by atoms with Crippen LogP contribution in [0.15, 0.2) is 24.3 Å². The Bertz CT molecular complexity index is 514. The molecular formula is C18H25NO2S2. The maximum atomic E-state index is 12.1. The van der Waals surface area contributed by atoms with Crippen molar-refractivity contribution in [1.29, 1.82) is 0 Å². The minimum Gasteiger partial charge on any atom is -0.484 e. The lowest BCUT2D eigenvalue weighted by Crippen LogP contribution is -2.43. The first-order valence-corrected chi connectivity index (χ1v) is 10.6. The molecule has 1 saturated carbocycles. The fraction of sp³-hybridized carbons (Fsp3) is 0.611. The monoisotopic (exact) mass is 351 g/mol. The summed E-state index contributed by atoms with van der Waals surface area (Å²) in [5.41, 5.74) is 1.34. The van der Waals surface area contributed by atoms with Crippen molar-refractivity contribution in [2.75, 3.05) is 18.1 Å². The molecule has 0 radical (unpaired) electrons. The van der Waals surface area contributed by atoms with E-state index in [1.54, 1.807) is 0 Å². The predicted molar refractivity (Wildman–Crippen MR) is 99.2 cm³/mol. The summed E-state index contributed by atoms with van der Waals surface area (Å²) in [6.45, 7) is 2.33. The summed E-state index contributed by atoms with van der Waals surface area (Å²) in [5.74, 6) is 3.80. The molecule has 3 rings (SSSR count). The summed E-state index contributed by atoms with van der Waals surface area (Å²) < 4.78 is 6.19. The van der Waals surface area contributed by atoms with E-state index in [1.807, 2.05) is 35.7 Å². The predicted octanol–water partition coefficient (Wildman–Crippen LogP) is 4.24. The van der Waals surface area contributed by atoms with Crippen LogP contribution >= 0.6 is 23.5 Å². The molecule has 126 valence electrons. The van der Waals surface area contributed by atoms with Crippen LogP contribution in [0.2, 0.25) is 0 Å². The molecule has 1 saturated heterocycles. The zero-order valence-corrected chi connectivity index (χ0v) is 15.3. The Morgan fingerprint density at radius 1 is 1.17 bits per heavy atom. The highest BCUT2D eigenvalue weighted by Gasteiger charge is 2.23. The minimum absolute atomic E-state index is 0.00488. The molecule has 1 aromatic carbocycles. The maximum absolute atomic E-state index is 12.1. The third kappa shape index (κ3) is 4.83. The summed E-state index contributed by atoms with van der Waals surface area (Å²) >= 11 is 3.99. The molecule has 2 aliphatic rings. The number of rotatable bonds is 5. The van der Waals surface area contributed by atoms with Crippen LogP contribution in [0.4, 0.5) is 0 Å². The molecule has 0 aromatic heterocycles. The fourth-order valence-corrected chi connectivity index (χ4v) is 6.06. The molecule has 1 aliphatic heterocycles. The van der Waals surface area contributed by atoms with E-state index in [-0.39, 0.29) is 12.5 Å². The van der Waals surface area contributed by atoms with E-state index in [2.05, 4.69) is 24.4 Å². The molecule has 1 heterocycles. The van der Waals surface area contributed by atoms with Gasteiger partial charge in [-0.25, -0.2) is 0 Å². The Balaban J connectivity index is 1.45.